The molecule has 0 aliphatic carbocycles. The van der Waals surface area contributed by atoms with Crippen molar-refractivity contribution in [3.05, 3.63) is 6.42 Å². The smallest absolute Gasteiger partial charge is 0.0381 e. The molecule has 0 saturated carbocycles. The molecule has 73 valence electrons. The maximum Gasteiger partial charge on any atom is -0.0381 e. The van der Waals surface area contributed by atoms with Crippen LogP contribution in [0.25, 0.3) is 0 Å². The lowest BCUT2D eigenvalue weighted by atomic mass is 9.93. The fourth-order valence-electron chi connectivity index (χ4n) is 1.62. The molecule has 1 atom stereocenters. The maximum absolute atomic E-state index is 2.46. The van der Waals surface area contributed by atoms with Gasteiger partial charge in [0.05, 0.1) is 0 Å². The largest absolute Gasteiger partial charge is 0.0628 e. The summed E-state index contributed by atoms with van der Waals surface area (Å²) < 4.78 is 0. The zero-order valence-corrected chi connectivity index (χ0v) is 9.43. The SMILES string of the molecule is CC(C)C[CH]CC(C)CC(C)C. The van der Waals surface area contributed by atoms with Gasteiger partial charge in [0.1, 0.15) is 0 Å². The predicted molar refractivity (Wildman–Crippen MR) is 57.0 cm³/mol. The summed E-state index contributed by atoms with van der Waals surface area (Å²) in [5, 5.41) is 0. The third-order valence-corrected chi connectivity index (χ3v) is 2.08. The summed E-state index contributed by atoms with van der Waals surface area (Å²) in [7, 11) is 0. The molecule has 1 unspecified atom stereocenters. The Kier molecular flexibility index (Phi) is 6.51. The van der Waals surface area contributed by atoms with Crippen LogP contribution in [0, 0.1) is 24.2 Å². The molecule has 0 N–H and O–H groups in total. The van der Waals surface area contributed by atoms with Gasteiger partial charge in [-0.2, -0.15) is 0 Å². The van der Waals surface area contributed by atoms with Crippen molar-refractivity contribution in [3.8, 4) is 0 Å². The Morgan fingerprint density at radius 1 is 0.833 bits per heavy atom. The standard InChI is InChI=1S/C12H25/c1-10(2)7-6-8-12(5)9-11(3)4/h6,10-12H,7-9H2,1-5H3. The average Bonchev–Trinajstić information content (AvgIpc) is 1.84. The molecule has 0 bridgehead atoms. The summed E-state index contributed by atoms with van der Waals surface area (Å²) in [5.74, 6) is 2.56. The molecule has 0 aromatic heterocycles. The number of hydrogen-bond acceptors (Lipinski definition) is 0. The number of hydrogen-bond donors (Lipinski definition) is 0. The summed E-state index contributed by atoms with van der Waals surface area (Å²) in [5.41, 5.74) is 0. The molecule has 0 saturated heterocycles. The van der Waals surface area contributed by atoms with Crippen LogP contribution in [0.15, 0.2) is 0 Å². The summed E-state index contributed by atoms with van der Waals surface area (Å²) in [4.78, 5) is 0. The van der Waals surface area contributed by atoms with Gasteiger partial charge < -0.3 is 0 Å². The minimum atomic E-state index is 0.830. The van der Waals surface area contributed by atoms with Crippen molar-refractivity contribution in [2.75, 3.05) is 0 Å². The Balaban J connectivity index is 3.25. The lowest BCUT2D eigenvalue weighted by Crippen LogP contribution is -2.01. The molecule has 0 nitrogen and oxygen atoms in total. The van der Waals surface area contributed by atoms with Crippen LogP contribution in [0.4, 0.5) is 0 Å². The molecule has 0 aliphatic heterocycles. The third-order valence-electron chi connectivity index (χ3n) is 2.08. The fourth-order valence-corrected chi connectivity index (χ4v) is 1.62. The second kappa shape index (κ2) is 6.51. The lowest BCUT2D eigenvalue weighted by Gasteiger charge is -2.13. The van der Waals surface area contributed by atoms with Gasteiger partial charge in [0, 0.05) is 0 Å². The average molecular weight is 169 g/mol. The van der Waals surface area contributed by atoms with Gasteiger partial charge in [-0.3, -0.25) is 0 Å². The highest BCUT2D eigenvalue weighted by Gasteiger charge is 2.05. The zero-order chi connectivity index (χ0) is 9.56. The number of rotatable bonds is 6. The van der Waals surface area contributed by atoms with E-state index < -0.39 is 0 Å². The quantitative estimate of drug-likeness (QED) is 0.556. The van der Waals surface area contributed by atoms with Gasteiger partial charge in [-0.05, 0) is 43.4 Å². The van der Waals surface area contributed by atoms with Gasteiger partial charge >= 0.3 is 0 Å². The summed E-state index contributed by atoms with van der Waals surface area (Å²) in [6, 6.07) is 0. The van der Waals surface area contributed by atoms with Crippen LogP contribution in [-0.4, -0.2) is 0 Å². The van der Waals surface area contributed by atoms with E-state index >= 15 is 0 Å². The van der Waals surface area contributed by atoms with E-state index in [-0.39, 0.29) is 0 Å². The van der Waals surface area contributed by atoms with E-state index in [2.05, 4.69) is 41.0 Å². The van der Waals surface area contributed by atoms with Crippen LogP contribution < -0.4 is 0 Å². The first-order valence-electron chi connectivity index (χ1n) is 5.34. The van der Waals surface area contributed by atoms with Crippen LogP contribution in [0.3, 0.4) is 0 Å². The van der Waals surface area contributed by atoms with Crippen molar-refractivity contribution in [1.82, 2.24) is 0 Å². The van der Waals surface area contributed by atoms with Crippen LogP contribution in [0.5, 0.6) is 0 Å². The van der Waals surface area contributed by atoms with Crippen molar-refractivity contribution >= 4 is 0 Å². The molecule has 0 amide bonds. The maximum atomic E-state index is 2.46. The van der Waals surface area contributed by atoms with Gasteiger partial charge in [-0.25, -0.2) is 0 Å². The molecule has 0 spiro atoms. The van der Waals surface area contributed by atoms with Crippen molar-refractivity contribution in [2.45, 2.75) is 53.9 Å². The van der Waals surface area contributed by atoms with Crippen LogP contribution in [0.1, 0.15) is 53.9 Å². The van der Waals surface area contributed by atoms with Gasteiger partial charge in [-0.15, -0.1) is 0 Å². The zero-order valence-electron chi connectivity index (χ0n) is 9.43. The highest BCUT2D eigenvalue weighted by atomic mass is 14.1. The fraction of sp³-hybridized carbons (Fsp3) is 0.917. The van der Waals surface area contributed by atoms with Crippen LogP contribution in [0.2, 0.25) is 0 Å². The van der Waals surface area contributed by atoms with E-state index in [1.807, 2.05) is 0 Å². The van der Waals surface area contributed by atoms with Crippen molar-refractivity contribution in [2.24, 2.45) is 17.8 Å². The van der Waals surface area contributed by atoms with Crippen molar-refractivity contribution < 1.29 is 0 Å². The molecule has 0 aromatic rings. The van der Waals surface area contributed by atoms with Crippen molar-refractivity contribution in [3.63, 3.8) is 0 Å². The molecule has 0 aromatic carbocycles. The summed E-state index contributed by atoms with van der Waals surface area (Å²) in [6.07, 6.45) is 6.41. The van der Waals surface area contributed by atoms with E-state index in [0.717, 1.165) is 17.8 Å². The Labute approximate surface area is 78.8 Å². The molecule has 1 radical (unpaired) electrons. The highest BCUT2D eigenvalue weighted by molar-refractivity contribution is 4.70. The molecule has 0 fully saturated rings. The van der Waals surface area contributed by atoms with E-state index in [1.54, 1.807) is 0 Å². The first kappa shape index (κ1) is 12.0. The molecule has 0 heteroatoms. The Morgan fingerprint density at radius 3 is 1.83 bits per heavy atom. The van der Waals surface area contributed by atoms with Gasteiger partial charge in [0.25, 0.3) is 0 Å². The monoisotopic (exact) mass is 169 g/mol. The van der Waals surface area contributed by atoms with Crippen LogP contribution >= 0.6 is 0 Å². The predicted octanol–water partition coefficient (Wildman–Crippen LogP) is 4.31. The second-order valence-corrected chi connectivity index (χ2v) is 4.89. The van der Waals surface area contributed by atoms with E-state index in [4.69, 9.17) is 0 Å². The molecule has 0 heterocycles. The van der Waals surface area contributed by atoms with E-state index in [9.17, 15) is 0 Å². The topological polar surface area (TPSA) is 0 Å². The Bertz CT molecular complexity index is 92.2. The third kappa shape index (κ3) is 8.10. The molecule has 0 rings (SSSR count). The molecular formula is C12H25. The highest BCUT2D eigenvalue weighted by Crippen LogP contribution is 2.17. The summed E-state index contributed by atoms with van der Waals surface area (Å²) >= 11 is 0. The second-order valence-electron chi connectivity index (χ2n) is 4.89. The lowest BCUT2D eigenvalue weighted by molar-refractivity contribution is 0.425. The minimum Gasteiger partial charge on any atom is -0.0628 e. The summed E-state index contributed by atoms with van der Waals surface area (Å²) in [6.45, 7) is 11.5. The Hall–Kier alpha value is 0. The minimum absolute atomic E-state index is 0.830. The van der Waals surface area contributed by atoms with Gasteiger partial charge in [-0.1, -0.05) is 34.6 Å². The van der Waals surface area contributed by atoms with Gasteiger partial charge in [0.2, 0.25) is 0 Å². The van der Waals surface area contributed by atoms with Crippen LogP contribution in [-0.2, 0) is 0 Å². The van der Waals surface area contributed by atoms with Crippen molar-refractivity contribution in [1.29, 1.82) is 0 Å². The first-order chi connectivity index (χ1) is 5.52. The molecule has 0 aliphatic rings. The van der Waals surface area contributed by atoms with E-state index in [0.29, 0.717) is 0 Å². The first-order valence-corrected chi connectivity index (χ1v) is 5.34. The molecular weight excluding hydrogens is 144 g/mol. The normalized spacial score (nSPS) is 14.2. The molecule has 12 heavy (non-hydrogen) atoms. The Morgan fingerprint density at radius 2 is 1.42 bits per heavy atom. The van der Waals surface area contributed by atoms with E-state index in [1.165, 1.54) is 19.3 Å². The van der Waals surface area contributed by atoms with Gasteiger partial charge in [0.15, 0.2) is 0 Å².